The van der Waals surface area contributed by atoms with Gasteiger partial charge in [0.1, 0.15) is 6.10 Å². The van der Waals surface area contributed by atoms with Crippen molar-refractivity contribution in [2.75, 3.05) is 13.7 Å². The molecule has 3 rings (SSSR count). The van der Waals surface area contributed by atoms with Gasteiger partial charge in [0.2, 0.25) is 0 Å². The van der Waals surface area contributed by atoms with Gasteiger partial charge in [-0.05, 0) is 6.92 Å². The zero-order chi connectivity index (χ0) is 13.4. The summed E-state index contributed by atoms with van der Waals surface area (Å²) in [4.78, 5) is 0. The topological polar surface area (TPSA) is 69.8 Å². The Bertz CT molecular complexity index is 575. The van der Waals surface area contributed by atoms with Gasteiger partial charge in [0.25, 0.3) is 0 Å². The number of rotatable bonds is 3. The highest BCUT2D eigenvalue weighted by Crippen LogP contribution is 2.26. The Morgan fingerprint density at radius 3 is 3.00 bits per heavy atom. The van der Waals surface area contributed by atoms with Crippen LogP contribution >= 0.6 is 0 Å². The van der Waals surface area contributed by atoms with E-state index in [1.807, 2.05) is 26.4 Å². The Morgan fingerprint density at radius 2 is 2.32 bits per heavy atom. The van der Waals surface area contributed by atoms with E-state index >= 15 is 0 Å². The van der Waals surface area contributed by atoms with Gasteiger partial charge in [-0.2, -0.15) is 5.10 Å². The van der Waals surface area contributed by atoms with Crippen LogP contribution in [0.3, 0.4) is 0 Å². The fourth-order valence-electron chi connectivity index (χ4n) is 2.44. The maximum Gasteiger partial charge on any atom is 0.162 e. The van der Waals surface area contributed by atoms with Gasteiger partial charge in [0.15, 0.2) is 11.6 Å². The van der Waals surface area contributed by atoms with Crippen LogP contribution in [0.25, 0.3) is 0 Å². The highest BCUT2D eigenvalue weighted by atomic mass is 16.5. The Balaban J connectivity index is 1.99. The molecule has 2 aromatic heterocycles. The molecule has 19 heavy (non-hydrogen) atoms. The molecule has 0 saturated carbocycles. The van der Waals surface area contributed by atoms with Gasteiger partial charge >= 0.3 is 0 Å². The molecule has 7 nitrogen and oxygen atoms in total. The summed E-state index contributed by atoms with van der Waals surface area (Å²) in [5, 5.41) is 16.3. The van der Waals surface area contributed by atoms with Crippen molar-refractivity contribution < 1.29 is 4.74 Å². The molecule has 1 aliphatic heterocycles. The number of methoxy groups -OCH3 is 1. The van der Waals surface area contributed by atoms with Crippen LogP contribution in [0, 0.1) is 0 Å². The van der Waals surface area contributed by atoms with Crippen LogP contribution in [0.15, 0.2) is 12.4 Å². The molecule has 0 fully saturated rings. The molecule has 2 unspecified atom stereocenters. The van der Waals surface area contributed by atoms with Crippen LogP contribution in [0.4, 0.5) is 0 Å². The van der Waals surface area contributed by atoms with Crippen molar-refractivity contribution in [3.05, 3.63) is 29.6 Å². The lowest BCUT2D eigenvalue weighted by Crippen LogP contribution is -2.35. The van der Waals surface area contributed by atoms with E-state index in [1.165, 1.54) is 0 Å². The lowest BCUT2D eigenvalue weighted by atomic mass is 10.1. The fourth-order valence-corrected chi connectivity index (χ4v) is 2.44. The van der Waals surface area contributed by atoms with E-state index < -0.39 is 0 Å². The van der Waals surface area contributed by atoms with Crippen LogP contribution in [0.2, 0.25) is 0 Å². The molecule has 0 aromatic carbocycles. The molecule has 7 heteroatoms. The fraction of sp³-hybridized carbons (Fsp3) is 0.583. The van der Waals surface area contributed by atoms with Gasteiger partial charge in [0.05, 0.1) is 12.2 Å². The third kappa shape index (κ3) is 2.04. The Hall–Kier alpha value is -1.73. The second-order valence-electron chi connectivity index (χ2n) is 4.78. The third-order valence-corrected chi connectivity index (χ3v) is 3.53. The van der Waals surface area contributed by atoms with E-state index in [0.717, 1.165) is 30.3 Å². The minimum atomic E-state index is -0.0473. The molecule has 0 radical (unpaired) electrons. The summed E-state index contributed by atoms with van der Waals surface area (Å²) in [5.74, 6) is 1.81. The summed E-state index contributed by atoms with van der Waals surface area (Å²) in [6.07, 6.45) is 3.82. The molecule has 1 aliphatic rings. The van der Waals surface area contributed by atoms with E-state index in [9.17, 15) is 0 Å². The number of ether oxygens (including phenoxy) is 1. The Labute approximate surface area is 111 Å². The van der Waals surface area contributed by atoms with E-state index in [0.29, 0.717) is 0 Å². The summed E-state index contributed by atoms with van der Waals surface area (Å²) >= 11 is 0. The van der Waals surface area contributed by atoms with Gasteiger partial charge in [-0.25, -0.2) is 0 Å². The number of nitrogens with zero attached hydrogens (tertiary/aromatic N) is 5. The summed E-state index contributed by atoms with van der Waals surface area (Å²) in [5.41, 5.74) is 1.10. The SMILES string of the molecule is COC(C)c1nnc2n1CCNC2c1cnn(C)c1. The standard InChI is InChI=1S/C12H18N6O/c1-8(19-3)11-15-16-12-10(13-4-5-18(11)12)9-6-14-17(2)7-9/h6-8,10,13H,4-5H2,1-3H3. The summed E-state index contributed by atoms with van der Waals surface area (Å²) in [6.45, 7) is 3.73. The zero-order valence-corrected chi connectivity index (χ0v) is 11.4. The highest BCUT2D eigenvalue weighted by molar-refractivity contribution is 5.22. The van der Waals surface area contributed by atoms with Crippen molar-refractivity contribution in [3.8, 4) is 0 Å². The number of aromatic nitrogens is 5. The van der Waals surface area contributed by atoms with Crippen molar-refractivity contribution in [2.45, 2.75) is 25.6 Å². The predicted molar refractivity (Wildman–Crippen MR) is 68.5 cm³/mol. The largest absolute Gasteiger partial charge is 0.374 e. The molecule has 2 aromatic rings. The summed E-state index contributed by atoms with van der Waals surface area (Å²) in [7, 11) is 3.60. The quantitative estimate of drug-likeness (QED) is 0.867. The average Bonchev–Trinajstić information content (AvgIpc) is 3.03. The molecule has 2 atom stereocenters. The van der Waals surface area contributed by atoms with Crippen molar-refractivity contribution in [1.29, 1.82) is 0 Å². The first-order chi connectivity index (χ1) is 9.20. The van der Waals surface area contributed by atoms with Gasteiger partial charge in [-0.1, -0.05) is 0 Å². The summed E-state index contributed by atoms with van der Waals surface area (Å²) < 4.78 is 9.28. The molecule has 0 amide bonds. The second-order valence-corrected chi connectivity index (χ2v) is 4.78. The van der Waals surface area contributed by atoms with Crippen LogP contribution < -0.4 is 5.32 Å². The van der Waals surface area contributed by atoms with E-state index in [1.54, 1.807) is 11.8 Å². The van der Waals surface area contributed by atoms with Crippen LogP contribution in [0.1, 0.15) is 36.3 Å². The summed E-state index contributed by atoms with van der Waals surface area (Å²) in [6, 6.07) is 0.0488. The van der Waals surface area contributed by atoms with Gasteiger partial charge < -0.3 is 14.6 Å². The molecule has 0 saturated heterocycles. The minimum absolute atomic E-state index is 0.0473. The Kier molecular flexibility index (Phi) is 3.08. The monoisotopic (exact) mass is 262 g/mol. The molecular formula is C12H18N6O. The smallest absolute Gasteiger partial charge is 0.162 e. The molecular weight excluding hydrogens is 244 g/mol. The lowest BCUT2D eigenvalue weighted by molar-refractivity contribution is 0.107. The van der Waals surface area contributed by atoms with E-state index in [4.69, 9.17) is 4.74 Å². The van der Waals surface area contributed by atoms with Crippen LogP contribution in [0.5, 0.6) is 0 Å². The maximum atomic E-state index is 5.35. The van der Waals surface area contributed by atoms with Crippen LogP contribution in [-0.2, 0) is 18.3 Å². The van der Waals surface area contributed by atoms with Gasteiger partial charge in [0, 0.05) is 39.0 Å². The first kappa shape index (κ1) is 12.3. The van der Waals surface area contributed by atoms with Gasteiger partial charge in [-0.15, -0.1) is 10.2 Å². The predicted octanol–water partition coefficient (Wildman–Crippen LogP) is 0.412. The Morgan fingerprint density at radius 1 is 1.47 bits per heavy atom. The van der Waals surface area contributed by atoms with Crippen molar-refractivity contribution in [3.63, 3.8) is 0 Å². The molecule has 102 valence electrons. The number of fused-ring (bicyclic) bond motifs is 1. The van der Waals surface area contributed by atoms with Gasteiger partial charge in [-0.3, -0.25) is 4.68 Å². The van der Waals surface area contributed by atoms with Crippen LogP contribution in [-0.4, -0.2) is 38.2 Å². The van der Waals surface area contributed by atoms with Crippen molar-refractivity contribution in [2.24, 2.45) is 7.05 Å². The van der Waals surface area contributed by atoms with E-state index in [2.05, 4.69) is 25.2 Å². The number of aryl methyl sites for hydroxylation is 1. The first-order valence-corrected chi connectivity index (χ1v) is 6.38. The lowest BCUT2D eigenvalue weighted by Gasteiger charge is -2.25. The molecule has 0 bridgehead atoms. The molecule has 3 heterocycles. The molecule has 0 aliphatic carbocycles. The van der Waals surface area contributed by atoms with E-state index in [-0.39, 0.29) is 12.1 Å². The normalized spacial score (nSPS) is 20.3. The second kappa shape index (κ2) is 4.75. The molecule has 1 N–H and O–H groups in total. The maximum absolute atomic E-state index is 5.35. The number of nitrogens with one attached hydrogen (secondary N) is 1. The number of hydrogen-bond donors (Lipinski definition) is 1. The first-order valence-electron chi connectivity index (χ1n) is 6.38. The minimum Gasteiger partial charge on any atom is -0.374 e. The zero-order valence-electron chi connectivity index (χ0n) is 11.4. The number of hydrogen-bond acceptors (Lipinski definition) is 5. The molecule has 0 spiro atoms. The highest BCUT2D eigenvalue weighted by Gasteiger charge is 2.28. The third-order valence-electron chi connectivity index (χ3n) is 3.53. The van der Waals surface area contributed by atoms with Crippen molar-refractivity contribution >= 4 is 0 Å². The average molecular weight is 262 g/mol. The van der Waals surface area contributed by atoms with Crippen molar-refractivity contribution in [1.82, 2.24) is 29.9 Å².